The molecule has 0 amide bonds. The number of hydrogen-bond acceptors (Lipinski definition) is 8. The van der Waals surface area contributed by atoms with Crippen molar-refractivity contribution in [3.05, 3.63) is 11.8 Å². The van der Waals surface area contributed by atoms with Crippen LogP contribution in [0.4, 0.5) is 11.8 Å². The van der Waals surface area contributed by atoms with Crippen molar-refractivity contribution >= 4 is 35.3 Å². The fourth-order valence-corrected chi connectivity index (χ4v) is 3.45. The van der Waals surface area contributed by atoms with Gasteiger partial charge in [-0.15, -0.1) is 0 Å². The fraction of sp³-hybridized carbons (Fsp3) is 0.733. The minimum atomic E-state index is 0.140. The Morgan fingerprint density at radius 1 is 1.04 bits per heavy atom. The zero-order valence-electron chi connectivity index (χ0n) is 14.1. The molecule has 1 aromatic rings. The van der Waals surface area contributed by atoms with Gasteiger partial charge >= 0.3 is 0 Å². The zero-order valence-corrected chi connectivity index (χ0v) is 15.7. The fourth-order valence-electron chi connectivity index (χ4n) is 2.14. The number of nitrogens with one attached hydrogen (secondary N) is 2. The van der Waals surface area contributed by atoms with Crippen molar-refractivity contribution in [3.8, 4) is 0 Å². The van der Waals surface area contributed by atoms with Crippen LogP contribution in [0.15, 0.2) is 6.20 Å². The average molecular weight is 361 g/mol. The molecule has 0 aliphatic carbocycles. The minimum absolute atomic E-state index is 0.140. The third-order valence-corrected chi connectivity index (χ3v) is 4.81. The number of anilines is 2. The van der Waals surface area contributed by atoms with E-state index in [0.717, 1.165) is 22.9 Å². The first-order chi connectivity index (χ1) is 11.1. The molecule has 1 rings (SSSR count). The summed E-state index contributed by atoms with van der Waals surface area (Å²) in [6.07, 6.45) is 7.24. The highest BCUT2D eigenvalue weighted by atomic mass is 32.2. The van der Waals surface area contributed by atoms with Crippen molar-refractivity contribution < 1.29 is 10.2 Å². The predicted molar refractivity (Wildman–Crippen MR) is 102 cm³/mol. The van der Waals surface area contributed by atoms with E-state index in [-0.39, 0.29) is 25.3 Å². The summed E-state index contributed by atoms with van der Waals surface area (Å²) in [5.74, 6) is 3.16. The molecule has 0 spiro atoms. The first-order valence-electron chi connectivity index (χ1n) is 7.70. The maximum absolute atomic E-state index is 9.18. The van der Waals surface area contributed by atoms with Crippen LogP contribution < -0.4 is 10.6 Å². The third kappa shape index (κ3) is 7.60. The number of aromatic nitrogens is 2. The molecule has 0 fully saturated rings. The molecule has 0 saturated carbocycles. The Hall–Kier alpha value is -0.700. The molecule has 0 aliphatic rings. The van der Waals surface area contributed by atoms with Crippen molar-refractivity contribution in [1.29, 1.82) is 0 Å². The predicted octanol–water partition coefficient (Wildman–Crippen LogP) is 1.84. The number of nitrogens with zero attached hydrogens (tertiary/aromatic N) is 2. The highest BCUT2D eigenvalue weighted by molar-refractivity contribution is 7.98. The molecule has 6 nitrogen and oxygen atoms in total. The number of aliphatic hydroxyl groups excluding tert-OH is 2. The SMILES string of the molecule is CSC[C@H](CCO)Nc1ncc(C)c(N[C@H](CCO)CSC)n1. The maximum atomic E-state index is 9.18. The van der Waals surface area contributed by atoms with Crippen LogP contribution in [0.1, 0.15) is 18.4 Å². The number of hydrogen-bond donors (Lipinski definition) is 4. The van der Waals surface area contributed by atoms with Crippen LogP contribution in [-0.2, 0) is 0 Å². The second-order valence-corrected chi connectivity index (χ2v) is 7.16. The van der Waals surface area contributed by atoms with Gasteiger partial charge in [-0.1, -0.05) is 0 Å². The average Bonchev–Trinajstić information content (AvgIpc) is 2.51. The monoisotopic (exact) mass is 360 g/mol. The Balaban J connectivity index is 2.80. The molecule has 1 heterocycles. The lowest BCUT2D eigenvalue weighted by Crippen LogP contribution is -2.27. The van der Waals surface area contributed by atoms with E-state index in [0.29, 0.717) is 18.8 Å². The number of thioether (sulfide) groups is 2. The van der Waals surface area contributed by atoms with Crippen molar-refractivity contribution in [2.45, 2.75) is 31.8 Å². The Morgan fingerprint density at radius 3 is 2.13 bits per heavy atom. The lowest BCUT2D eigenvalue weighted by molar-refractivity contribution is 0.282. The van der Waals surface area contributed by atoms with Gasteiger partial charge in [0, 0.05) is 48.6 Å². The van der Waals surface area contributed by atoms with E-state index in [2.05, 4.69) is 20.6 Å². The first-order valence-corrected chi connectivity index (χ1v) is 10.5. The summed E-state index contributed by atoms with van der Waals surface area (Å²) >= 11 is 3.46. The van der Waals surface area contributed by atoms with Crippen molar-refractivity contribution in [2.24, 2.45) is 0 Å². The summed E-state index contributed by atoms with van der Waals surface area (Å²) < 4.78 is 0. The van der Waals surface area contributed by atoms with Crippen molar-refractivity contribution in [2.75, 3.05) is 47.9 Å². The number of rotatable bonds is 12. The van der Waals surface area contributed by atoms with E-state index in [1.807, 2.05) is 19.4 Å². The van der Waals surface area contributed by atoms with Gasteiger partial charge in [-0.3, -0.25) is 0 Å². The highest BCUT2D eigenvalue weighted by Crippen LogP contribution is 2.17. The van der Waals surface area contributed by atoms with E-state index >= 15 is 0 Å². The molecule has 0 aromatic carbocycles. The Morgan fingerprint density at radius 2 is 1.61 bits per heavy atom. The van der Waals surface area contributed by atoms with E-state index < -0.39 is 0 Å². The van der Waals surface area contributed by atoms with E-state index in [4.69, 9.17) is 5.11 Å². The molecule has 0 aliphatic heterocycles. The Bertz CT molecular complexity index is 439. The molecule has 4 N–H and O–H groups in total. The third-order valence-electron chi connectivity index (χ3n) is 3.34. The largest absolute Gasteiger partial charge is 0.396 e. The normalized spacial score (nSPS) is 13.6. The second kappa shape index (κ2) is 11.8. The van der Waals surface area contributed by atoms with E-state index in [9.17, 15) is 5.11 Å². The molecule has 1 aromatic heterocycles. The molecule has 23 heavy (non-hydrogen) atoms. The number of aryl methyl sites for hydroxylation is 1. The quantitative estimate of drug-likeness (QED) is 0.449. The second-order valence-electron chi connectivity index (χ2n) is 5.34. The number of aliphatic hydroxyl groups is 2. The first kappa shape index (κ1) is 20.3. The molecule has 0 unspecified atom stereocenters. The van der Waals surface area contributed by atoms with E-state index in [1.165, 1.54) is 0 Å². The summed E-state index contributed by atoms with van der Waals surface area (Å²) in [6, 6.07) is 0.320. The topological polar surface area (TPSA) is 90.3 Å². The summed E-state index contributed by atoms with van der Waals surface area (Å²) in [7, 11) is 0. The molecule has 0 saturated heterocycles. The molecule has 0 bridgehead atoms. The Labute approximate surface area is 147 Å². The van der Waals surface area contributed by atoms with Gasteiger partial charge in [0.05, 0.1) is 0 Å². The van der Waals surface area contributed by atoms with Gasteiger partial charge < -0.3 is 20.8 Å². The lowest BCUT2D eigenvalue weighted by atomic mass is 10.2. The molecular formula is C15H28N4O2S2. The van der Waals surface area contributed by atoms with Gasteiger partial charge in [-0.2, -0.15) is 28.5 Å². The lowest BCUT2D eigenvalue weighted by Gasteiger charge is -2.20. The molecule has 132 valence electrons. The van der Waals surface area contributed by atoms with E-state index in [1.54, 1.807) is 29.7 Å². The summed E-state index contributed by atoms with van der Waals surface area (Å²) in [6.45, 7) is 2.26. The smallest absolute Gasteiger partial charge is 0.224 e. The standard InChI is InChI=1S/C15H28N4O2S2/c1-11-8-16-15(18-13(5-7-21)10-23-3)19-14(11)17-12(4-6-20)9-22-2/h8,12-13,20-21H,4-7,9-10H2,1-3H3,(H2,16,17,18,19)/t12-,13+/m1/s1. The molecule has 0 radical (unpaired) electrons. The Kier molecular flexibility index (Phi) is 10.4. The summed E-state index contributed by atoms with van der Waals surface area (Å²) in [5, 5.41) is 25.0. The van der Waals surface area contributed by atoms with Crippen LogP contribution in [0.5, 0.6) is 0 Å². The van der Waals surface area contributed by atoms with Gasteiger partial charge in [0.2, 0.25) is 5.95 Å². The van der Waals surface area contributed by atoms with Crippen LogP contribution in [0.2, 0.25) is 0 Å². The van der Waals surface area contributed by atoms with Crippen LogP contribution in [0.3, 0.4) is 0 Å². The van der Waals surface area contributed by atoms with Crippen LogP contribution in [0.25, 0.3) is 0 Å². The van der Waals surface area contributed by atoms with Crippen molar-refractivity contribution in [1.82, 2.24) is 9.97 Å². The van der Waals surface area contributed by atoms with Crippen LogP contribution >= 0.6 is 23.5 Å². The maximum Gasteiger partial charge on any atom is 0.224 e. The molecule has 2 atom stereocenters. The van der Waals surface area contributed by atoms with Gasteiger partial charge in [0.1, 0.15) is 5.82 Å². The van der Waals surface area contributed by atoms with Gasteiger partial charge in [-0.05, 0) is 32.3 Å². The zero-order chi connectivity index (χ0) is 17.1. The van der Waals surface area contributed by atoms with Crippen LogP contribution in [-0.4, -0.2) is 69.5 Å². The minimum Gasteiger partial charge on any atom is -0.396 e. The van der Waals surface area contributed by atoms with Crippen molar-refractivity contribution in [3.63, 3.8) is 0 Å². The van der Waals surface area contributed by atoms with Gasteiger partial charge in [0.25, 0.3) is 0 Å². The van der Waals surface area contributed by atoms with Gasteiger partial charge in [-0.25, -0.2) is 4.98 Å². The summed E-state index contributed by atoms with van der Waals surface area (Å²) in [4.78, 5) is 8.90. The molecule has 8 heteroatoms. The summed E-state index contributed by atoms with van der Waals surface area (Å²) in [5.41, 5.74) is 0.975. The molecular weight excluding hydrogens is 332 g/mol. The van der Waals surface area contributed by atoms with Crippen LogP contribution in [0, 0.1) is 6.92 Å². The highest BCUT2D eigenvalue weighted by Gasteiger charge is 2.13. The van der Waals surface area contributed by atoms with Gasteiger partial charge in [0.15, 0.2) is 0 Å².